The Labute approximate surface area is 105 Å². The molecule has 2 heterocycles. The average Bonchev–Trinajstić information content (AvgIpc) is 3.05. The molecule has 1 atom stereocenters. The number of nitrogens with one attached hydrogen (secondary N) is 2. The van der Waals surface area contributed by atoms with Crippen LogP contribution in [0.15, 0.2) is 30.5 Å². The lowest BCUT2D eigenvalue weighted by molar-refractivity contribution is 0.0946. The minimum atomic E-state index is -0.0186. The Kier molecular flexibility index (Phi) is 3.02. The number of hydrogen-bond donors (Lipinski definition) is 2. The Bertz CT molecular complexity index is 556. The van der Waals surface area contributed by atoms with E-state index in [0.717, 1.165) is 30.5 Å². The van der Waals surface area contributed by atoms with Gasteiger partial charge in [0.25, 0.3) is 5.91 Å². The van der Waals surface area contributed by atoms with Crippen molar-refractivity contribution in [3.05, 3.63) is 36.0 Å². The monoisotopic (exact) mass is 244 g/mol. The summed E-state index contributed by atoms with van der Waals surface area (Å²) in [7, 11) is 0. The number of fused-ring (bicyclic) bond motifs is 1. The van der Waals surface area contributed by atoms with Crippen molar-refractivity contribution in [1.82, 2.24) is 10.3 Å². The van der Waals surface area contributed by atoms with Crippen LogP contribution in [0.4, 0.5) is 0 Å². The molecule has 1 fully saturated rings. The molecule has 0 saturated carbocycles. The Morgan fingerprint density at radius 1 is 1.44 bits per heavy atom. The lowest BCUT2D eigenvalue weighted by Crippen LogP contribution is -2.29. The highest BCUT2D eigenvalue weighted by atomic mass is 16.5. The maximum absolute atomic E-state index is 12.1. The highest BCUT2D eigenvalue weighted by Crippen LogP contribution is 2.17. The Hall–Kier alpha value is -1.81. The molecule has 1 aromatic carbocycles. The van der Waals surface area contributed by atoms with Crippen molar-refractivity contribution in [3.63, 3.8) is 0 Å². The zero-order chi connectivity index (χ0) is 12.4. The van der Waals surface area contributed by atoms with E-state index in [2.05, 4.69) is 10.3 Å². The van der Waals surface area contributed by atoms with Crippen LogP contribution in [-0.2, 0) is 4.74 Å². The van der Waals surface area contributed by atoms with Gasteiger partial charge in [0.05, 0.1) is 17.7 Å². The van der Waals surface area contributed by atoms with E-state index in [1.54, 1.807) is 0 Å². The second-order valence-corrected chi connectivity index (χ2v) is 4.69. The standard InChI is InChI=1S/C14H16N2O2/c17-14(16-8-10-5-7-18-9-10)12-3-1-2-11-4-6-15-13(11)12/h1-4,6,10,15H,5,7-9H2,(H,16,17). The average molecular weight is 244 g/mol. The van der Waals surface area contributed by atoms with Gasteiger partial charge in [-0.05, 0) is 18.6 Å². The van der Waals surface area contributed by atoms with Gasteiger partial charge in [0.1, 0.15) is 0 Å². The largest absolute Gasteiger partial charge is 0.381 e. The van der Waals surface area contributed by atoms with Crippen LogP contribution >= 0.6 is 0 Å². The smallest absolute Gasteiger partial charge is 0.253 e. The number of amides is 1. The molecule has 1 aromatic heterocycles. The molecule has 2 aromatic rings. The summed E-state index contributed by atoms with van der Waals surface area (Å²) in [6.45, 7) is 2.26. The lowest BCUT2D eigenvalue weighted by Gasteiger charge is -2.10. The number of benzene rings is 1. The van der Waals surface area contributed by atoms with E-state index in [9.17, 15) is 4.79 Å². The van der Waals surface area contributed by atoms with E-state index in [0.29, 0.717) is 18.0 Å². The Morgan fingerprint density at radius 2 is 2.39 bits per heavy atom. The predicted molar refractivity (Wildman–Crippen MR) is 69.6 cm³/mol. The first-order valence-electron chi connectivity index (χ1n) is 6.26. The normalized spacial score (nSPS) is 19.2. The summed E-state index contributed by atoms with van der Waals surface area (Å²) in [5, 5.41) is 4.05. The zero-order valence-electron chi connectivity index (χ0n) is 10.1. The number of rotatable bonds is 3. The van der Waals surface area contributed by atoms with Crippen molar-refractivity contribution in [3.8, 4) is 0 Å². The van der Waals surface area contributed by atoms with Crippen molar-refractivity contribution in [2.75, 3.05) is 19.8 Å². The van der Waals surface area contributed by atoms with Crippen LogP contribution in [0.3, 0.4) is 0 Å². The van der Waals surface area contributed by atoms with E-state index in [-0.39, 0.29) is 5.91 Å². The lowest BCUT2D eigenvalue weighted by atomic mass is 10.1. The molecule has 1 saturated heterocycles. The number of carbonyl (C=O) groups excluding carboxylic acids is 1. The van der Waals surface area contributed by atoms with E-state index in [1.807, 2.05) is 30.5 Å². The molecule has 1 aliphatic rings. The van der Waals surface area contributed by atoms with Gasteiger partial charge in [0.2, 0.25) is 0 Å². The van der Waals surface area contributed by atoms with Crippen LogP contribution in [0.25, 0.3) is 10.9 Å². The number of carbonyl (C=O) groups is 1. The van der Waals surface area contributed by atoms with Crippen molar-refractivity contribution in [1.29, 1.82) is 0 Å². The molecule has 1 unspecified atom stereocenters. The third-order valence-corrected chi connectivity index (χ3v) is 3.41. The number of ether oxygens (including phenoxy) is 1. The quantitative estimate of drug-likeness (QED) is 0.866. The summed E-state index contributed by atoms with van der Waals surface area (Å²) < 4.78 is 5.30. The second-order valence-electron chi connectivity index (χ2n) is 4.69. The SMILES string of the molecule is O=C(NCC1CCOC1)c1cccc2cc[nH]c12. The van der Waals surface area contributed by atoms with E-state index in [4.69, 9.17) is 4.74 Å². The fourth-order valence-electron chi connectivity index (χ4n) is 2.35. The summed E-state index contributed by atoms with van der Waals surface area (Å²) in [6.07, 6.45) is 2.89. The highest BCUT2D eigenvalue weighted by molar-refractivity contribution is 6.05. The number of aromatic nitrogens is 1. The summed E-state index contributed by atoms with van der Waals surface area (Å²) in [4.78, 5) is 15.3. The summed E-state index contributed by atoms with van der Waals surface area (Å²) in [5.74, 6) is 0.437. The van der Waals surface area contributed by atoms with Crippen molar-refractivity contribution >= 4 is 16.8 Å². The second kappa shape index (κ2) is 4.82. The molecular formula is C14H16N2O2. The first-order valence-corrected chi connectivity index (χ1v) is 6.26. The third kappa shape index (κ3) is 2.11. The summed E-state index contributed by atoms with van der Waals surface area (Å²) in [6, 6.07) is 7.72. The summed E-state index contributed by atoms with van der Waals surface area (Å²) in [5.41, 5.74) is 1.61. The number of hydrogen-bond acceptors (Lipinski definition) is 2. The van der Waals surface area contributed by atoms with Crippen molar-refractivity contribution in [2.24, 2.45) is 5.92 Å². The van der Waals surface area contributed by atoms with Crippen LogP contribution in [0, 0.1) is 5.92 Å². The maximum Gasteiger partial charge on any atom is 0.253 e. The maximum atomic E-state index is 12.1. The van der Waals surface area contributed by atoms with Gasteiger partial charge in [-0.3, -0.25) is 4.79 Å². The number of aromatic amines is 1. The van der Waals surface area contributed by atoms with Crippen LogP contribution in [-0.4, -0.2) is 30.6 Å². The summed E-state index contributed by atoms with van der Waals surface area (Å²) >= 11 is 0. The molecule has 4 heteroatoms. The van der Waals surface area contributed by atoms with Crippen LogP contribution in [0.1, 0.15) is 16.8 Å². The minimum Gasteiger partial charge on any atom is -0.381 e. The van der Waals surface area contributed by atoms with E-state index >= 15 is 0 Å². The predicted octanol–water partition coefficient (Wildman–Crippen LogP) is 1.93. The van der Waals surface area contributed by atoms with Crippen LogP contribution < -0.4 is 5.32 Å². The molecule has 0 spiro atoms. The fourth-order valence-corrected chi connectivity index (χ4v) is 2.35. The van der Waals surface area contributed by atoms with Gasteiger partial charge in [-0.1, -0.05) is 12.1 Å². The highest BCUT2D eigenvalue weighted by Gasteiger charge is 2.17. The molecule has 1 amide bonds. The van der Waals surface area contributed by atoms with Gasteiger partial charge >= 0.3 is 0 Å². The molecular weight excluding hydrogens is 228 g/mol. The molecule has 1 aliphatic heterocycles. The third-order valence-electron chi connectivity index (χ3n) is 3.41. The van der Waals surface area contributed by atoms with E-state index in [1.165, 1.54) is 0 Å². The Morgan fingerprint density at radius 3 is 3.22 bits per heavy atom. The minimum absolute atomic E-state index is 0.0186. The molecule has 4 nitrogen and oxygen atoms in total. The van der Waals surface area contributed by atoms with Gasteiger partial charge in [-0.15, -0.1) is 0 Å². The number of para-hydroxylation sites is 1. The van der Waals surface area contributed by atoms with Gasteiger partial charge in [-0.25, -0.2) is 0 Å². The first-order chi connectivity index (χ1) is 8.84. The van der Waals surface area contributed by atoms with Gasteiger partial charge < -0.3 is 15.0 Å². The first kappa shape index (κ1) is 11.3. The molecule has 94 valence electrons. The topological polar surface area (TPSA) is 54.1 Å². The van der Waals surface area contributed by atoms with Gasteiger partial charge in [0, 0.05) is 30.7 Å². The molecule has 0 radical (unpaired) electrons. The number of H-pyrrole nitrogens is 1. The van der Waals surface area contributed by atoms with Gasteiger partial charge in [-0.2, -0.15) is 0 Å². The fraction of sp³-hybridized carbons (Fsp3) is 0.357. The molecule has 2 N–H and O–H groups in total. The Balaban J connectivity index is 1.73. The molecule has 0 aliphatic carbocycles. The molecule has 18 heavy (non-hydrogen) atoms. The molecule has 0 bridgehead atoms. The van der Waals surface area contributed by atoms with Crippen molar-refractivity contribution < 1.29 is 9.53 Å². The van der Waals surface area contributed by atoms with Crippen molar-refractivity contribution in [2.45, 2.75) is 6.42 Å². The van der Waals surface area contributed by atoms with Crippen LogP contribution in [0.2, 0.25) is 0 Å². The zero-order valence-corrected chi connectivity index (χ0v) is 10.1. The van der Waals surface area contributed by atoms with E-state index < -0.39 is 0 Å². The van der Waals surface area contributed by atoms with Gasteiger partial charge in [0.15, 0.2) is 0 Å². The molecule has 3 rings (SSSR count). The van der Waals surface area contributed by atoms with Crippen LogP contribution in [0.5, 0.6) is 0 Å².